The third-order valence-corrected chi connectivity index (χ3v) is 4.90. The van der Waals surface area contributed by atoms with Crippen LogP contribution in [0.15, 0.2) is 59.5 Å². The van der Waals surface area contributed by atoms with Crippen molar-refractivity contribution in [3.8, 4) is 17.1 Å². The largest absolute Gasteiger partial charge is 0.496 e. The zero-order valence-electron chi connectivity index (χ0n) is 16.6. The van der Waals surface area contributed by atoms with Crippen molar-refractivity contribution in [1.29, 1.82) is 0 Å². The van der Waals surface area contributed by atoms with Gasteiger partial charge in [-0.05, 0) is 54.8 Å². The number of hydrogen-bond donors (Lipinski definition) is 1. The highest BCUT2D eigenvalue weighted by Crippen LogP contribution is 2.28. The van der Waals surface area contributed by atoms with Crippen LogP contribution < -0.4 is 10.1 Å². The molecule has 0 saturated heterocycles. The second-order valence-corrected chi connectivity index (χ2v) is 6.86. The van der Waals surface area contributed by atoms with Crippen LogP contribution in [0.4, 0.5) is 4.39 Å². The molecule has 0 radical (unpaired) electrons. The van der Waals surface area contributed by atoms with Gasteiger partial charge < -0.3 is 14.5 Å². The summed E-state index contributed by atoms with van der Waals surface area (Å²) in [5.41, 5.74) is 3.51. The number of carbonyl (C=O) groups is 1. The lowest BCUT2D eigenvalue weighted by Crippen LogP contribution is -2.26. The summed E-state index contributed by atoms with van der Waals surface area (Å²) in [5.74, 6) is 0.428. The maximum Gasteiger partial charge on any atom is 0.273 e. The molecule has 4 aromatic rings. The Morgan fingerprint density at radius 3 is 2.87 bits per heavy atom. The number of rotatable bonds is 6. The van der Waals surface area contributed by atoms with Gasteiger partial charge in [-0.2, -0.15) is 0 Å². The molecule has 4 rings (SSSR count). The van der Waals surface area contributed by atoms with Crippen LogP contribution in [-0.2, 0) is 6.42 Å². The van der Waals surface area contributed by atoms with E-state index in [-0.39, 0.29) is 17.4 Å². The van der Waals surface area contributed by atoms with E-state index in [4.69, 9.17) is 9.15 Å². The molecule has 0 bridgehead atoms. The zero-order valence-corrected chi connectivity index (χ0v) is 16.6. The number of aryl methyl sites for hydroxylation is 1. The lowest BCUT2D eigenvalue weighted by molar-refractivity contribution is 0.0950. The number of methoxy groups -OCH3 is 1. The fraction of sp³-hybridized carbons (Fsp3) is 0.174. The summed E-state index contributed by atoms with van der Waals surface area (Å²) >= 11 is 0. The van der Waals surface area contributed by atoms with Crippen molar-refractivity contribution >= 4 is 16.8 Å². The quantitative estimate of drug-likeness (QED) is 0.517. The second kappa shape index (κ2) is 8.32. The van der Waals surface area contributed by atoms with Crippen LogP contribution in [-0.4, -0.2) is 29.5 Å². The van der Waals surface area contributed by atoms with Crippen LogP contribution in [0.25, 0.3) is 22.2 Å². The average molecular weight is 405 g/mol. The molecule has 1 N–H and O–H groups in total. The van der Waals surface area contributed by atoms with Gasteiger partial charge in [0.25, 0.3) is 5.91 Å². The van der Waals surface area contributed by atoms with E-state index in [0.717, 1.165) is 27.8 Å². The maximum atomic E-state index is 13.6. The molecule has 30 heavy (non-hydrogen) atoms. The molecule has 0 saturated carbocycles. The molecule has 0 spiro atoms. The summed E-state index contributed by atoms with van der Waals surface area (Å²) in [6.07, 6.45) is 2.98. The van der Waals surface area contributed by atoms with Gasteiger partial charge in [0.1, 0.15) is 11.6 Å². The number of nitrogens with zero attached hydrogens (tertiary/aromatic N) is 2. The first kappa shape index (κ1) is 19.6. The Bertz CT molecular complexity index is 1220. The van der Waals surface area contributed by atoms with Crippen molar-refractivity contribution in [1.82, 2.24) is 15.3 Å². The minimum Gasteiger partial charge on any atom is -0.496 e. The van der Waals surface area contributed by atoms with E-state index in [2.05, 4.69) is 15.3 Å². The Morgan fingerprint density at radius 1 is 1.20 bits per heavy atom. The molecule has 2 aromatic heterocycles. The average Bonchev–Trinajstić information content (AvgIpc) is 3.24. The fourth-order valence-electron chi connectivity index (χ4n) is 3.43. The summed E-state index contributed by atoms with van der Waals surface area (Å²) < 4.78 is 24.3. The van der Waals surface area contributed by atoms with Crippen LogP contribution in [0.2, 0.25) is 0 Å². The first-order valence-electron chi connectivity index (χ1n) is 9.46. The van der Waals surface area contributed by atoms with E-state index >= 15 is 0 Å². The molecule has 0 fully saturated rings. The number of carbonyl (C=O) groups excluding carboxylic acids is 1. The Morgan fingerprint density at radius 2 is 2.07 bits per heavy atom. The number of pyridine rings is 1. The van der Waals surface area contributed by atoms with E-state index in [9.17, 15) is 9.18 Å². The number of hydrogen-bond acceptors (Lipinski definition) is 5. The SMILES string of the molecule is COc1ccc(-c2ocnc2C(=O)NCCc2cccc3ncc(F)cc23)cc1C. The van der Waals surface area contributed by atoms with Crippen LogP contribution in [0.5, 0.6) is 5.75 Å². The predicted molar refractivity (Wildman–Crippen MR) is 111 cm³/mol. The number of oxazole rings is 1. The number of ether oxygens (including phenoxy) is 1. The summed E-state index contributed by atoms with van der Waals surface area (Å²) in [7, 11) is 1.61. The van der Waals surface area contributed by atoms with Gasteiger partial charge >= 0.3 is 0 Å². The second-order valence-electron chi connectivity index (χ2n) is 6.86. The molecule has 7 heteroatoms. The zero-order chi connectivity index (χ0) is 21.1. The molecule has 152 valence electrons. The van der Waals surface area contributed by atoms with Gasteiger partial charge in [-0.3, -0.25) is 9.78 Å². The van der Waals surface area contributed by atoms with Crippen LogP contribution >= 0.6 is 0 Å². The normalized spacial score (nSPS) is 10.9. The van der Waals surface area contributed by atoms with E-state index in [1.54, 1.807) is 7.11 Å². The van der Waals surface area contributed by atoms with Gasteiger partial charge in [0.2, 0.25) is 0 Å². The van der Waals surface area contributed by atoms with Gasteiger partial charge in [-0.25, -0.2) is 9.37 Å². The Balaban J connectivity index is 1.48. The third-order valence-electron chi connectivity index (χ3n) is 4.90. The number of benzene rings is 2. The lowest BCUT2D eigenvalue weighted by Gasteiger charge is -2.09. The molecule has 0 unspecified atom stereocenters. The number of aromatic nitrogens is 2. The standard InChI is InChI=1S/C23H20FN3O3/c1-14-10-16(6-7-20(14)29-2)22-21(27-13-30-22)23(28)25-9-8-15-4-3-5-19-18(15)11-17(24)12-26-19/h3-7,10-13H,8-9H2,1-2H3,(H,25,28). The maximum absolute atomic E-state index is 13.6. The van der Waals surface area contributed by atoms with Crippen molar-refractivity contribution in [3.05, 3.63) is 77.7 Å². The molecule has 6 nitrogen and oxygen atoms in total. The van der Waals surface area contributed by atoms with E-state index < -0.39 is 0 Å². The smallest absolute Gasteiger partial charge is 0.273 e. The number of amides is 1. The molecular formula is C23H20FN3O3. The van der Waals surface area contributed by atoms with Gasteiger partial charge in [0.15, 0.2) is 17.8 Å². The molecule has 2 heterocycles. The van der Waals surface area contributed by atoms with Gasteiger partial charge in [0, 0.05) is 17.5 Å². The molecule has 0 atom stereocenters. The number of fused-ring (bicyclic) bond motifs is 1. The number of halogens is 1. The molecule has 0 aliphatic carbocycles. The van der Waals surface area contributed by atoms with Crippen molar-refractivity contribution in [2.24, 2.45) is 0 Å². The first-order valence-corrected chi connectivity index (χ1v) is 9.46. The van der Waals surface area contributed by atoms with Gasteiger partial charge in [-0.15, -0.1) is 0 Å². The van der Waals surface area contributed by atoms with Crippen molar-refractivity contribution in [2.45, 2.75) is 13.3 Å². The van der Waals surface area contributed by atoms with Crippen molar-refractivity contribution < 1.29 is 18.3 Å². The van der Waals surface area contributed by atoms with Gasteiger partial charge in [-0.1, -0.05) is 12.1 Å². The van der Waals surface area contributed by atoms with E-state index in [0.29, 0.717) is 24.2 Å². The number of nitrogens with one attached hydrogen (secondary N) is 1. The Kier molecular flexibility index (Phi) is 5.43. The molecule has 2 aromatic carbocycles. The summed E-state index contributed by atoms with van der Waals surface area (Å²) in [6.45, 7) is 2.28. The third kappa shape index (κ3) is 3.87. The van der Waals surface area contributed by atoms with E-state index in [1.807, 2.05) is 43.3 Å². The minimum atomic E-state index is -0.388. The highest BCUT2D eigenvalue weighted by atomic mass is 19.1. The predicted octanol–water partition coefficient (Wildman–Crippen LogP) is 4.32. The lowest BCUT2D eigenvalue weighted by atomic mass is 10.1. The molecular weight excluding hydrogens is 385 g/mol. The van der Waals surface area contributed by atoms with Crippen molar-refractivity contribution in [3.63, 3.8) is 0 Å². The van der Waals surface area contributed by atoms with Crippen LogP contribution in [0.1, 0.15) is 21.6 Å². The Hall–Kier alpha value is -3.74. The molecule has 1 amide bonds. The first-order chi connectivity index (χ1) is 14.6. The van der Waals surface area contributed by atoms with Gasteiger partial charge in [0.05, 0.1) is 18.8 Å². The topological polar surface area (TPSA) is 77.2 Å². The van der Waals surface area contributed by atoms with E-state index in [1.165, 1.54) is 18.7 Å². The highest BCUT2D eigenvalue weighted by Gasteiger charge is 2.19. The van der Waals surface area contributed by atoms with Crippen molar-refractivity contribution in [2.75, 3.05) is 13.7 Å². The molecule has 0 aliphatic heterocycles. The Labute approximate surface area is 172 Å². The fourth-order valence-corrected chi connectivity index (χ4v) is 3.43. The molecule has 0 aliphatic rings. The highest BCUT2D eigenvalue weighted by molar-refractivity contribution is 5.97. The summed E-state index contributed by atoms with van der Waals surface area (Å²) in [5, 5.41) is 3.60. The van der Waals surface area contributed by atoms with Crippen LogP contribution in [0.3, 0.4) is 0 Å². The minimum absolute atomic E-state index is 0.213. The van der Waals surface area contributed by atoms with Crippen LogP contribution in [0, 0.1) is 12.7 Å². The summed E-state index contributed by atoms with van der Waals surface area (Å²) in [6, 6.07) is 12.6. The summed E-state index contributed by atoms with van der Waals surface area (Å²) in [4.78, 5) is 20.9. The monoisotopic (exact) mass is 405 g/mol.